The van der Waals surface area contributed by atoms with Gasteiger partial charge >= 0.3 is 5.97 Å². The monoisotopic (exact) mass is 384 g/mol. The highest BCUT2D eigenvalue weighted by Crippen LogP contribution is 2.36. The van der Waals surface area contributed by atoms with Gasteiger partial charge in [0.1, 0.15) is 22.9 Å². The summed E-state index contributed by atoms with van der Waals surface area (Å²) in [4.78, 5) is 16.9. The van der Waals surface area contributed by atoms with Crippen LogP contribution >= 0.6 is 0 Å². The van der Waals surface area contributed by atoms with Gasteiger partial charge in [0.2, 0.25) is 11.7 Å². The topological polar surface area (TPSA) is 97.6 Å². The van der Waals surface area contributed by atoms with Crippen LogP contribution in [0.3, 0.4) is 0 Å². The van der Waals surface area contributed by atoms with Crippen molar-refractivity contribution in [3.05, 3.63) is 42.2 Å². The van der Waals surface area contributed by atoms with Crippen molar-refractivity contribution in [3.63, 3.8) is 0 Å². The van der Waals surface area contributed by atoms with Crippen LogP contribution in [0.25, 0.3) is 17.2 Å². The van der Waals surface area contributed by atoms with Gasteiger partial charge in [-0.25, -0.2) is 9.78 Å². The van der Waals surface area contributed by atoms with Crippen molar-refractivity contribution in [1.82, 2.24) is 19.7 Å². The van der Waals surface area contributed by atoms with E-state index < -0.39 is 5.97 Å². The average molecular weight is 384 g/mol. The number of hydrogen-bond donors (Lipinski definition) is 0. The number of benzene rings is 1. The van der Waals surface area contributed by atoms with Crippen LogP contribution in [0.5, 0.6) is 17.4 Å². The summed E-state index contributed by atoms with van der Waals surface area (Å²) in [6.45, 7) is 1.91. The number of pyridine rings is 1. The highest BCUT2D eigenvalue weighted by atomic mass is 16.5. The highest BCUT2D eigenvalue weighted by Gasteiger charge is 2.27. The van der Waals surface area contributed by atoms with Crippen LogP contribution < -0.4 is 14.2 Å². The van der Waals surface area contributed by atoms with Crippen LogP contribution in [-0.4, -0.2) is 53.7 Å². The van der Waals surface area contributed by atoms with Crippen LogP contribution in [0.2, 0.25) is 0 Å². The Hall–Kier alpha value is -3.62. The summed E-state index contributed by atoms with van der Waals surface area (Å²) in [5.41, 5.74) is 0.913. The zero-order chi connectivity index (χ0) is 20.1. The van der Waals surface area contributed by atoms with Gasteiger partial charge in [0.05, 0.1) is 27.9 Å². The van der Waals surface area contributed by atoms with Gasteiger partial charge in [-0.1, -0.05) is 12.1 Å². The maximum absolute atomic E-state index is 12.5. The molecule has 28 heavy (non-hydrogen) atoms. The first-order valence-corrected chi connectivity index (χ1v) is 8.49. The van der Waals surface area contributed by atoms with E-state index in [4.69, 9.17) is 18.9 Å². The van der Waals surface area contributed by atoms with E-state index in [1.165, 1.54) is 25.9 Å². The average Bonchev–Trinajstić information content (AvgIpc) is 3.18. The summed E-state index contributed by atoms with van der Waals surface area (Å²) in [6.07, 6.45) is 0. The number of para-hydroxylation sites is 1. The second kappa shape index (κ2) is 8.38. The Morgan fingerprint density at radius 2 is 1.64 bits per heavy atom. The van der Waals surface area contributed by atoms with Crippen molar-refractivity contribution in [3.8, 4) is 34.6 Å². The first kappa shape index (κ1) is 19.2. The Balaban J connectivity index is 2.32. The lowest BCUT2D eigenvalue weighted by Gasteiger charge is -2.16. The largest absolute Gasteiger partial charge is 0.494 e. The van der Waals surface area contributed by atoms with Crippen molar-refractivity contribution in [2.75, 3.05) is 27.9 Å². The molecule has 0 aliphatic heterocycles. The third-order valence-corrected chi connectivity index (χ3v) is 3.91. The van der Waals surface area contributed by atoms with E-state index in [-0.39, 0.29) is 12.4 Å². The van der Waals surface area contributed by atoms with E-state index >= 15 is 0 Å². The van der Waals surface area contributed by atoms with E-state index in [0.717, 1.165) is 0 Å². The molecule has 2 aromatic heterocycles. The van der Waals surface area contributed by atoms with Crippen LogP contribution in [0, 0.1) is 0 Å². The molecule has 1 aromatic carbocycles. The van der Waals surface area contributed by atoms with Crippen molar-refractivity contribution in [2.24, 2.45) is 0 Å². The van der Waals surface area contributed by atoms with Crippen molar-refractivity contribution in [1.29, 1.82) is 0 Å². The summed E-state index contributed by atoms with van der Waals surface area (Å²) < 4.78 is 22.8. The van der Waals surface area contributed by atoms with Crippen molar-refractivity contribution >= 4 is 5.97 Å². The second-order valence-corrected chi connectivity index (χ2v) is 5.48. The van der Waals surface area contributed by atoms with E-state index in [2.05, 4.69) is 15.2 Å². The normalized spacial score (nSPS) is 10.4. The van der Waals surface area contributed by atoms with E-state index in [1.807, 2.05) is 0 Å². The molecule has 9 nitrogen and oxygen atoms in total. The summed E-state index contributed by atoms with van der Waals surface area (Å²) in [5, 5.41) is 8.22. The van der Waals surface area contributed by atoms with Gasteiger partial charge in [-0.2, -0.15) is 0 Å². The van der Waals surface area contributed by atoms with Crippen LogP contribution in [0.4, 0.5) is 0 Å². The lowest BCUT2D eigenvalue weighted by Crippen LogP contribution is -2.14. The molecule has 0 bridgehead atoms. The number of hydrogen-bond acceptors (Lipinski definition) is 8. The summed E-state index contributed by atoms with van der Waals surface area (Å²) in [7, 11) is 4.57. The van der Waals surface area contributed by atoms with E-state index in [9.17, 15) is 4.79 Å². The number of carbonyl (C=O) groups is 1. The molecule has 0 saturated carbocycles. The lowest BCUT2D eigenvalue weighted by atomic mass is 10.2. The van der Waals surface area contributed by atoms with E-state index in [1.54, 1.807) is 43.3 Å². The number of nitrogens with zero attached hydrogens (tertiary/aromatic N) is 4. The second-order valence-electron chi connectivity index (χ2n) is 5.48. The number of esters is 1. The molecule has 0 aliphatic carbocycles. The Morgan fingerprint density at radius 1 is 0.964 bits per heavy atom. The van der Waals surface area contributed by atoms with E-state index in [0.29, 0.717) is 34.6 Å². The molecule has 9 heteroatoms. The van der Waals surface area contributed by atoms with Gasteiger partial charge in [-0.05, 0) is 25.1 Å². The summed E-state index contributed by atoms with van der Waals surface area (Å²) in [6, 6.07) is 10.5. The number of rotatable bonds is 7. The Labute approximate surface area is 161 Å². The minimum absolute atomic E-state index is 0.0238. The Bertz CT molecular complexity index is 964. The predicted octanol–water partition coefficient (Wildman–Crippen LogP) is 2.53. The molecule has 0 saturated heterocycles. The number of ether oxygens (including phenoxy) is 4. The molecule has 3 rings (SSSR count). The third-order valence-electron chi connectivity index (χ3n) is 3.91. The molecule has 0 spiro atoms. The zero-order valence-corrected chi connectivity index (χ0v) is 16.0. The molecule has 0 amide bonds. The molecule has 3 aromatic rings. The van der Waals surface area contributed by atoms with Crippen molar-refractivity contribution < 1.29 is 23.7 Å². The summed E-state index contributed by atoms with van der Waals surface area (Å²) in [5.74, 6) is 0.991. The smallest absolute Gasteiger partial charge is 0.376 e. The van der Waals surface area contributed by atoms with Gasteiger partial charge in [-0.3, -0.25) is 4.57 Å². The van der Waals surface area contributed by atoms with Gasteiger partial charge in [0, 0.05) is 6.07 Å². The maximum Gasteiger partial charge on any atom is 0.376 e. The standard InChI is InChI=1S/C19H20N4O5/c1-5-28-19(24)18-22-21-17(12-8-6-11-15(20-12)27-4)23(18)16-13(25-2)9-7-10-14(16)26-3/h6-11H,5H2,1-4H3. The number of aromatic nitrogens is 4. The Kier molecular flexibility index (Phi) is 5.73. The molecule has 0 unspecified atom stereocenters. The molecule has 0 atom stereocenters. The molecule has 0 fully saturated rings. The first-order chi connectivity index (χ1) is 13.6. The first-order valence-electron chi connectivity index (χ1n) is 8.49. The number of carbonyl (C=O) groups excluding carboxylic acids is 1. The van der Waals surface area contributed by atoms with Gasteiger partial charge in [-0.15, -0.1) is 10.2 Å². The molecular formula is C19H20N4O5. The zero-order valence-electron chi connectivity index (χ0n) is 16.0. The van der Waals surface area contributed by atoms with Crippen LogP contribution in [0.15, 0.2) is 36.4 Å². The van der Waals surface area contributed by atoms with Crippen LogP contribution in [-0.2, 0) is 4.74 Å². The molecule has 0 radical (unpaired) electrons. The van der Waals surface area contributed by atoms with Crippen LogP contribution in [0.1, 0.15) is 17.5 Å². The predicted molar refractivity (Wildman–Crippen MR) is 100 cm³/mol. The minimum atomic E-state index is -0.628. The highest BCUT2D eigenvalue weighted by molar-refractivity contribution is 5.87. The molecule has 2 heterocycles. The maximum atomic E-state index is 12.5. The fourth-order valence-electron chi connectivity index (χ4n) is 2.69. The fourth-order valence-corrected chi connectivity index (χ4v) is 2.69. The fraction of sp³-hybridized carbons (Fsp3) is 0.263. The van der Waals surface area contributed by atoms with Gasteiger partial charge in [0.25, 0.3) is 0 Å². The SMILES string of the molecule is CCOC(=O)c1nnc(-c2cccc(OC)n2)n1-c1c(OC)cccc1OC. The van der Waals surface area contributed by atoms with Crippen molar-refractivity contribution in [2.45, 2.75) is 6.92 Å². The minimum Gasteiger partial charge on any atom is -0.494 e. The summed E-state index contributed by atoms with van der Waals surface area (Å²) >= 11 is 0. The van der Waals surface area contributed by atoms with Gasteiger partial charge < -0.3 is 18.9 Å². The molecule has 0 aliphatic rings. The van der Waals surface area contributed by atoms with Gasteiger partial charge in [0.15, 0.2) is 5.82 Å². The Morgan fingerprint density at radius 3 is 2.25 bits per heavy atom. The lowest BCUT2D eigenvalue weighted by molar-refractivity contribution is 0.0509. The molecular weight excluding hydrogens is 364 g/mol. The number of methoxy groups -OCH3 is 3. The molecule has 146 valence electrons. The molecule has 0 N–H and O–H groups in total. The quantitative estimate of drug-likeness (QED) is 0.573. The third kappa shape index (κ3) is 3.46.